The van der Waals surface area contributed by atoms with Gasteiger partial charge in [0.1, 0.15) is 5.01 Å². The maximum atomic E-state index is 11.7. The Balaban J connectivity index is 1.89. The number of guanidine groups is 1. The SMILES string of the molecule is CCNC(=NCc1ncc(C)s1)NCCc1cccc(C(=O)NC)c1. The van der Waals surface area contributed by atoms with Crippen LogP contribution in [-0.4, -0.2) is 37.0 Å². The Labute approximate surface area is 152 Å². The number of amides is 1. The molecule has 7 heteroatoms. The summed E-state index contributed by atoms with van der Waals surface area (Å²) in [6, 6.07) is 7.67. The van der Waals surface area contributed by atoms with Gasteiger partial charge in [-0.2, -0.15) is 0 Å². The number of carbonyl (C=O) groups is 1. The number of carbonyl (C=O) groups excluding carboxylic acids is 1. The summed E-state index contributed by atoms with van der Waals surface area (Å²) >= 11 is 1.66. The van der Waals surface area contributed by atoms with Crippen LogP contribution in [0.25, 0.3) is 0 Å². The Morgan fingerprint density at radius 3 is 2.84 bits per heavy atom. The largest absolute Gasteiger partial charge is 0.357 e. The van der Waals surface area contributed by atoms with Crippen LogP contribution in [0.4, 0.5) is 0 Å². The van der Waals surface area contributed by atoms with Gasteiger partial charge in [0.25, 0.3) is 5.91 Å². The number of rotatable bonds is 7. The summed E-state index contributed by atoms with van der Waals surface area (Å²) in [6.45, 7) is 6.19. The topological polar surface area (TPSA) is 78.4 Å². The lowest BCUT2D eigenvalue weighted by Gasteiger charge is -2.11. The summed E-state index contributed by atoms with van der Waals surface area (Å²) in [5, 5.41) is 10.2. The van der Waals surface area contributed by atoms with Crippen LogP contribution in [0.1, 0.15) is 32.7 Å². The molecule has 3 N–H and O–H groups in total. The van der Waals surface area contributed by atoms with Crippen molar-refractivity contribution < 1.29 is 4.79 Å². The van der Waals surface area contributed by atoms with E-state index in [1.165, 1.54) is 4.88 Å². The lowest BCUT2D eigenvalue weighted by atomic mass is 10.1. The molecule has 1 aromatic carbocycles. The molecular formula is C18H25N5OS. The van der Waals surface area contributed by atoms with Gasteiger partial charge in [0, 0.05) is 36.8 Å². The molecule has 0 aliphatic heterocycles. The number of hydrogen-bond donors (Lipinski definition) is 3. The standard InChI is InChI=1S/C18H25N5OS/c1-4-20-18(23-12-16-22-11-13(2)25-16)21-9-8-14-6-5-7-15(10-14)17(24)19-3/h5-7,10-11H,4,8-9,12H2,1-3H3,(H,19,24)(H2,20,21,23). The first-order chi connectivity index (χ1) is 12.1. The van der Waals surface area contributed by atoms with E-state index in [-0.39, 0.29) is 5.91 Å². The first-order valence-corrected chi connectivity index (χ1v) is 9.18. The predicted octanol–water partition coefficient (Wildman–Crippen LogP) is 2.11. The minimum absolute atomic E-state index is 0.0662. The van der Waals surface area contributed by atoms with Gasteiger partial charge in [0.2, 0.25) is 0 Å². The number of nitrogens with zero attached hydrogens (tertiary/aromatic N) is 2. The smallest absolute Gasteiger partial charge is 0.251 e. The molecule has 0 spiro atoms. The van der Waals surface area contributed by atoms with Crippen LogP contribution in [0.15, 0.2) is 35.5 Å². The normalized spacial score (nSPS) is 11.2. The second kappa shape index (κ2) is 9.78. The molecule has 0 aliphatic rings. The van der Waals surface area contributed by atoms with Crippen LogP contribution in [0.5, 0.6) is 0 Å². The third-order valence-electron chi connectivity index (χ3n) is 3.51. The quantitative estimate of drug-likeness (QED) is 0.523. The van der Waals surface area contributed by atoms with Crippen molar-refractivity contribution in [2.75, 3.05) is 20.1 Å². The van der Waals surface area contributed by atoms with Crippen LogP contribution >= 0.6 is 11.3 Å². The number of nitrogens with one attached hydrogen (secondary N) is 3. The zero-order valence-corrected chi connectivity index (χ0v) is 15.7. The highest BCUT2D eigenvalue weighted by molar-refractivity contribution is 7.11. The summed E-state index contributed by atoms with van der Waals surface area (Å²) in [5.74, 6) is 0.710. The fourth-order valence-electron chi connectivity index (χ4n) is 2.30. The number of benzene rings is 1. The number of aliphatic imine (C=N–C) groups is 1. The summed E-state index contributed by atoms with van der Waals surface area (Å²) < 4.78 is 0. The van der Waals surface area contributed by atoms with Gasteiger partial charge in [0.05, 0.1) is 6.54 Å². The second-order valence-corrected chi connectivity index (χ2v) is 6.84. The average molecular weight is 359 g/mol. The van der Waals surface area contributed by atoms with Gasteiger partial charge in [-0.15, -0.1) is 11.3 Å². The minimum Gasteiger partial charge on any atom is -0.357 e. The van der Waals surface area contributed by atoms with E-state index in [2.05, 4.69) is 25.9 Å². The van der Waals surface area contributed by atoms with Crippen molar-refractivity contribution in [3.05, 3.63) is 51.5 Å². The fourth-order valence-corrected chi connectivity index (χ4v) is 3.01. The van der Waals surface area contributed by atoms with Gasteiger partial charge >= 0.3 is 0 Å². The first kappa shape index (κ1) is 18.9. The van der Waals surface area contributed by atoms with E-state index in [0.717, 1.165) is 36.0 Å². The number of hydrogen-bond acceptors (Lipinski definition) is 4. The van der Waals surface area contributed by atoms with Gasteiger partial charge in [-0.1, -0.05) is 12.1 Å². The van der Waals surface area contributed by atoms with Crippen molar-refractivity contribution in [3.63, 3.8) is 0 Å². The lowest BCUT2D eigenvalue weighted by Crippen LogP contribution is -2.38. The molecule has 0 saturated carbocycles. The molecule has 0 aliphatic carbocycles. The summed E-state index contributed by atoms with van der Waals surface area (Å²) in [4.78, 5) is 21.8. The molecular weight excluding hydrogens is 334 g/mol. The summed E-state index contributed by atoms with van der Waals surface area (Å²) in [5.41, 5.74) is 1.79. The van der Waals surface area contributed by atoms with Crippen molar-refractivity contribution in [1.29, 1.82) is 0 Å². The summed E-state index contributed by atoms with van der Waals surface area (Å²) in [7, 11) is 1.64. The molecule has 2 rings (SSSR count). The Kier molecular flexibility index (Phi) is 7.40. The monoisotopic (exact) mass is 359 g/mol. The van der Waals surface area contributed by atoms with E-state index in [9.17, 15) is 4.79 Å². The maximum Gasteiger partial charge on any atom is 0.251 e. The van der Waals surface area contributed by atoms with Crippen LogP contribution in [0.3, 0.4) is 0 Å². The molecule has 0 saturated heterocycles. The lowest BCUT2D eigenvalue weighted by molar-refractivity contribution is 0.0963. The minimum atomic E-state index is -0.0662. The van der Waals surface area contributed by atoms with Gasteiger partial charge in [0.15, 0.2) is 5.96 Å². The van der Waals surface area contributed by atoms with Crippen molar-refractivity contribution in [1.82, 2.24) is 20.9 Å². The third-order valence-corrected chi connectivity index (χ3v) is 4.41. The maximum absolute atomic E-state index is 11.7. The second-order valence-electron chi connectivity index (χ2n) is 5.52. The molecule has 134 valence electrons. The Morgan fingerprint density at radius 2 is 2.16 bits per heavy atom. The number of thiazole rings is 1. The molecule has 0 atom stereocenters. The van der Waals surface area contributed by atoms with E-state index in [1.54, 1.807) is 18.4 Å². The number of aromatic nitrogens is 1. The number of aryl methyl sites for hydroxylation is 1. The van der Waals surface area contributed by atoms with Crippen LogP contribution < -0.4 is 16.0 Å². The van der Waals surface area contributed by atoms with Crippen molar-refractivity contribution in [2.24, 2.45) is 4.99 Å². The molecule has 25 heavy (non-hydrogen) atoms. The molecule has 0 fully saturated rings. The van der Waals surface area contributed by atoms with E-state index >= 15 is 0 Å². The van der Waals surface area contributed by atoms with Crippen LogP contribution in [0, 0.1) is 6.92 Å². The van der Waals surface area contributed by atoms with E-state index < -0.39 is 0 Å². The highest BCUT2D eigenvalue weighted by Crippen LogP contribution is 2.11. The van der Waals surface area contributed by atoms with Gasteiger partial charge in [-0.05, 0) is 38.0 Å². The van der Waals surface area contributed by atoms with Gasteiger partial charge in [-0.3, -0.25) is 4.79 Å². The molecule has 1 heterocycles. The Hall–Kier alpha value is -2.41. The van der Waals surface area contributed by atoms with Crippen molar-refractivity contribution >= 4 is 23.2 Å². The van der Waals surface area contributed by atoms with E-state index in [1.807, 2.05) is 44.3 Å². The molecule has 0 unspecified atom stereocenters. The van der Waals surface area contributed by atoms with Crippen molar-refractivity contribution in [3.8, 4) is 0 Å². The molecule has 1 aromatic heterocycles. The van der Waals surface area contributed by atoms with Gasteiger partial charge < -0.3 is 16.0 Å². The Morgan fingerprint density at radius 1 is 1.32 bits per heavy atom. The van der Waals surface area contributed by atoms with E-state index in [0.29, 0.717) is 12.1 Å². The molecule has 0 bridgehead atoms. The Bertz CT molecular complexity index is 726. The molecule has 2 aromatic rings. The molecule has 0 radical (unpaired) electrons. The average Bonchev–Trinajstić information content (AvgIpc) is 3.04. The predicted molar refractivity (Wildman–Crippen MR) is 103 cm³/mol. The molecule has 1 amide bonds. The van der Waals surface area contributed by atoms with Crippen molar-refractivity contribution in [2.45, 2.75) is 26.8 Å². The zero-order valence-electron chi connectivity index (χ0n) is 14.9. The fraction of sp³-hybridized carbons (Fsp3) is 0.389. The highest BCUT2D eigenvalue weighted by atomic mass is 32.1. The van der Waals surface area contributed by atoms with Gasteiger partial charge in [-0.25, -0.2) is 9.98 Å². The third kappa shape index (κ3) is 6.19. The van der Waals surface area contributed by atoms with E-state index in [4.69, 9.17) is 0 Å². The highest BCUT2D eigenvalue weighted by Gasteiger charge is 2.04. The van der Waals surface area contributed by atoms with Crippen LogP contribution in [0.2, 0.25) is 0 Å². The first-order valence-electron chi connectivity index (χ1n) is 8.37. The zero-order chi connectivity index (χ0) is 18.1. The van der Waals surface area contributed by atoms with Crippen LogP contribution in [-0.2, 0) is 13.0 Å². The summed E-state index contributed by atoms with van der Waals surface area (Å²) in [6.07, 6.45) is 2.68. The molecule has 6 nitrogen and oxygen atoms in total.